The number of aliphatic imine (C=N–C) groups is 1. The van der Waals surface area contributed by atoms with Gasteiger partial charge in [0.2, 0.25) is 0 Å². The normalized spacial score (nSPS) is 19.4. The van der Waals surface area contributed by atoms with Crippen LogP contribution in [-0.4, -0.2) is 75.7 Å². The Labute approximate surface area is 156 Å². The molecule has 0 bridgehead atoms. The monoisotopic (exact) mass is 353 g/mol. The Morgan fingerprint density at radius 3 is 2.48 bits per heavy atom. The molecule has 0 saturated carbocycles. The lowest BCUT2D eigenvalue weighted by Gasteiger charge is -2.35. The molecule has 0 aromatic heterocycles. The Morgan fingerprint density at radius 1 is 1.04 bits per heavy atom. The molecule has 1 heterocycles. The molecule has 25 heavy (non-hydrogen) atoms. The minimum Gasteiger partial charge on any atom is -0.356 e. The predicted molar refractivity (Wildman–Crippen MR) is 111 cm³/mol. The summed E-state index contributed by atoms with van der Waals surface area (Å²) in [5.41, 5.74) is 0. The first-order valence-electron chi connectivity index (χ1n) is 10.5. The van der Waals surface area contributed by atoms with Gasteiger partial charge >= 0.3 is 0 Å². The first-order chi connectivity index (χ1) is 12.2. The second kappa shape index (κ2) is 14.4. The third-order valence-electron chi connectivity index (χ3n) is 5.21. The summed E-state index contributed by atoms with van der Waals surface area (Å²) < 4.78 is 0. The highest BCUT2D eigenvalue weighted by Gasteiger charge is 2.19. The molecule has 1 saturated heterocycles. The molecule has 0 radical (unpaired) electrons. The van der Waals surface area contributed by atoms with Gasteiger partial charge in [0, 0.05) is 32.7 Å². The van der Waals surface area contributed by atoms with E-state index in [1.54, 1.807) is 0 Å². The zero-order chi connectivity index (χ0) is 18.3. The van der Waals surface area contributed by atoms with Crippen molar-refractivity contribution in [2.45, 2.75) is 70.8 Å². The van der Waals surface area contributed by atoms with E-state index in [9.17, 15) is 0 Å². The van der Waals surface area contributed by atoms with Crippen molar-refractivity contribution in [2.24, 2.45) is 4.99 Å². The van der Waals surface area contributed by atoms with Gasteiger partial charge in [-0.05, 0) is 59.3 Å². The average molecular weight is 354 g/mol. The quantitative estimate of drug-likeness (QED) is 0.322. The molecule has 1 atom stereocenters. The summed E-state index contributed by atoms with van der Waals surface area (Å²) in [6, 6.07) is 0.790. The van der Waals surface area contributed by atoms with Gasteiger partial charge in [-0.25, -0.2) is 0 Å². The van der Waals surface area contributed by atoms with Gasteiger partial charge in [-0.3, -0.25) is 9.89 Å². The Morgan fingerprint density at radius 2 is 1.76 bits per heavy atom. The van der Waals surface area contributed by atoms with Crippen LogP contribution in [0.25, 0.3) is 0 Å². The predicted octanol–water partition coefficient (Wildman–Crippen LogP) is 2.93. The summed E-state index contributed by atoms with van der Waals surface area (Å²) in [5, 5.41) is 6.93. The molecule has 0 aliphatic carbocycles. The Bertz CT molecular complexity index is 343. The first kappa shape index (κ1) is 22.2. The van der Waals surface area contributed by atoms with Crippen molar-refractivity contribution in [1.82, 2.24) is 20.4 Å². The molecule has 1 rings (SSSR count). The van der Waals surface area contributed by atoms with Crippen molar-refractivity contribution >= 4 is 5.96 Å². The summed E-state index contributed by atoms with van der Waals surface area (Å²) in [6.45, 7) is 7.93. The van der Waals surface area contributed by atoms with Crippen LogP contribution in [0.5, 0.6) is 0 Å². The molecule has 1 aliphatic heterocycles. The van der Waals surface area contributed by atoms with Crippen molar-refractivity contribution in [3.63, 3.8) is 0 Å². The molecule has 1 aliphatic rings. The van der Waals surface area contributed by atoms with Gasteiger partial charge in [-0.2, -0.15) is 0 Å². The second-order valence-corrected chi connectivity index (χ2v) is 7.59. The average Bonchev–Trinajstić information content (AvgIpc) is 2.62. The fraction of sp³-hybridized carbons (Fsp3) is 0.950. The summed E-state index contributed by atoms with van der Waals surface area (Å²) >= 11 is 0. The van der Waals surface area contributed by atoms with Crippen LogP contribution in [0.15, 0.2) is 4.99 Å². The third-order valence-corrected chi connectivity index (χ3v) is 5.21. The molecular formula is C20H43N5. The van der Waals surface area contributed by atoms with Gasteiger partial charge in [-0.1, -0.05) is 32.6 Å². The minimum absolute atomic E-state index is 0.790. The SMILES string of the molecule is CCC1CCCCN1CCNC(=NC)NCCCCCCCN(C)C. The number of piperidine rings is 1. The van der Waals surface area contributed by atoms with Crippen molar-refractivity contribution in [2.75, 3.05) is 53.9 Å². The first-order valence-corrected chi connectivity index (χ1v) is 10.5. The highest BCUT2D eigenvalue weighted by Crippen LogP contribution is 2.18. The topological polar surface area (TPSA) is 42.9 Å². The van der Waals surface area contributed by atoms with E-state index in [0.717, 1.165) is 31.6 Å². The van der Waals surface area contributed by atoms with Crippen LogP contribution in [0.1, 0.15) is 64.7 Å². The van der Waals surface area contributed by atoms with Crippen LogP contribution in [0.2, 0.25) is 0 Å². The van der Waals surface area contributed by atoms with Crippen LogP contribution in [0, 0.1) is 0 Å². The van der Waals surface area contributed by atoms with Gasteiger partial charge < -0.3 is 15.5 Å². The summed E-state index contributed by atoms with van der Waals surface area (Å²) in [6.07, 6.45) is 12.0. The molecule has 1 fully saturated rings. The number of rotatable bonds is 12. The van der Waals surface area contributed by atoms with Crippen LogP contribution in [0.4, 0.5) is 0 Å². The minimum atomic E-state index is 0.790. The maximum Gasteiger partial charge on any atom is 0.191 e. The molecule has 0 spiro atoms. The zero-order valence-electron chi connectivity index (χ0n) is 17.3. The van der Waals surface area contributed by atoms with E-state index >= 15 is 0 Å². The maximum absolute atomic E-state index is 4.35. The van der Waals surface area contributed by atoms with E-state index in [0.29, 0.717) is 0 Å². The van der Waals surface area contributed by atoms with Crippen LogP contribution < -0.4 is 10.6 Å². The lowest BCUT2D eigenvalue weighted by Crippen LogP contribution is -2.46. The fourth-order valence-electron chi connectivity index (χ4n) is 3.65. The van der Waals surface area contributed by atoms with Gasteiger partial charge in [-0.15, -0.1) is 0 Å². The van der Waals surface area contributed by atoms with Gasteiger partial charge in [0.05, 0.1) is 0 Å². The molecular weight excluding hydrogens is 310 g/mol. The number of hydrogen-bond acceptors (Lipinski definition) is 3. The Balaban J connectivity index is 2.03. The maximum atomic E-state index is 4.35. The van der Waals surface area contributed by atoms with Crippen LogP contribution in [-0.2, 0) is 0 Å². The van der Waals surface area contributed by atoms with E-state index in [1.165, 1.54) is 70.9 Å². The molecule has 0 amide bonds. The second-order valence-electron chi connectivity index (χ2n) is 7.59. The van der Waals surface area contributed by atoms with Crippen LogP contribution in [0.3, 0.4) is 0 Å². The summed E-state index contributed by atoms with van der Waals surface area (Å²) in [7, 11) is 6.17. The van der Waals surface area contributed by atoms with Crippen molar-refractivity contribution in [1.29, 1.82) is 0 Å². The lowest BCUT2D eigenvalue weighted by molar-refractivity contribution is 0.147. The summed E-state index contributed by atoms with van der Waals surface area (Å²) in [4.78, 5) is 9.26. The van der Waals surface area contributed by atoms with E-state index in [4.69, 9.17) is 0 Å². The molecule has 0 aromatic rings. The van der Waals surface area contributed by atoms with Crippen molar-refractivity contribution in [3.8, 4) is 0 Å². The highest BCUT2D eigenvalue weighted by molar-refractivity contribution is 5.79. The number of nitrogens with one attached hydrogen (secondary N) is 2. The number of nitrogens with zero attached hydrogens (tertiary/aromatic N) is 3. The van der Waals surface area contributed by atoms with E-state index in [-0.39, 0.29) is 0 Å². The van der Waals surface area contributed by atoms with Gasteiger partial charge in [0.15, 0.2) is 5.96 Å². The molecule has 148 valence electrons. The summed E-state index contributed by atoms with van der Waals surface area (Å²) in [5.74, 6) is 0.956. The van der Waals surface area contributed by atoms with Crippen molar-refractivity contribution in [3.05, 3.63) is 0 Å². The van der Waals surface area contributed by atoms with Gasteiger partial charge in [0.1, 0.15) is 0 Å². The molecule has 5 heteroatoms. The number of likely N-dealkylation sites (tertiary alicyclic amines) is 1. The van der Waals surface area contributed by atoms with Gasteiger partial charge in [0.25, 0.3) is 0 Å². The van der Waals surface area contributed by atoms with Crippen molar-refractivity contribution < 1.29 is 0 Å². The highest BCUT2D eigenvalue weighted by atomic mass is 15.2. The molecule has 0 aromatic carbocycles. The fourth-order valence-corrected chi connectivity index (χ4v) is 3.65. The van der Waals surface area contributed by atoms with E-state index < -0.39 is 0 Å². The lowest BCUT2D eigenvalue weighted by atomic mass is 10.0. The number of hydrogen-bond donors (Lipinski definition) is 2. The number of unbranched alkanes of at least 4 members (excludes halogenated alkanes) is 4. The molecule has 1 unspecified atom stereocenters. The Hall–Kier alpha value is -0.810. The smallest absolute Gasteiger partial charge is 0.191 e. The third kappa shape index (κ3) is 10.7. The largest absolute Gasteiger partial charge is 0.356 e. The zero-order valence-corrected chi connectivity index (χ0v) is 17.3. The number of guanidine groups is 1. The molecule has 2 N–H and O–H groups in total. The standard InChI is InChI=1S/C20H43N5/c1-5-19-13-9-12-17-25(19)18-15-23-20(21-2)22-14-10-7-6-8-11-16-24(3)4/h19H,5-18H2,1-4H3,(H2,21,22,23). The van der Waals surface area contributed by atoms with Crippen LogP contribution >= 0.6 is 0 Å². The molecule has 5 nitrogen and oxygen atoms in total. The van der Waals surface area contributed by atoms with E-state index in [2.05, 4.69) is 46.4 Å². The Kier molecular flexibility index (Phi) is 12.8. The van der Waals surface area contributed by atoms with E-state index in [1.807, 2.05) is 7.05 Å².